The highest BCUT2D eigenvalue weighted by molar-refractivity contribution is 5.74. The molecule has 5 heteroatoms. The molecule has 0 atom stereocenters. The molecule has 2 amide bonds. The predicted octanol–water partition coefficient (Wildman–Crippen LogP) is 3.95. The van der Waals surface area contributed by atoms with Gasteiger partial charge in [-0.05, 0) is 55.1 Å². The Kier molecular flexibility index (Phi) is 6.90. The highest BCUT2D eigenvalue weighted by Gasteiger charge is 2.21. The molecule has 0 spiro atoms. The van der Waals surface area contributed by atoms with Crippen molar-refractivity contribution < 1.29 is 4.79 Å². The number of amides is 2. The number of urea groups is 1. The van der Waals surface area contributed by atoms with E-state index in [-0.39, 0.29) is 6.03 Å². The Morgan fingerprint density at radius 2 is 1.50 bits per heavy atom. The van der Waals surface area contributed by atoms with Crippen LogP contribution in [0.1, 0.15) is 30.9 Å². The van der Waals surface area contributed by atoms with Crippen LogP contribution in [0, 0.1) is 5.92 Å². The average molecular weight is 407 g/mol. The molecule has 30 heavy (non-hydrogen) atoms. The fourth-order valence-electron chi connectivity index (χ4n) is 4.34. The molecular weight excluding hydrogens is 372 g/mol. The van der Waals surface area contributed by atoms with Crippen LogP contribution in [0.2, 0.25) is 0 Å². The van der Waals surface area contributed by atoms with Crippen molar-refractivity contribution in [2.45, 2.75) is 32.9 Å². The number of rotatable bonds is 5. The quantitative estimate of drug-likeness (QED) is 0.817. The molecule has 5 nitrogen and oxygen atoms in total. The van der Waals surface area contributed by atoms with E-state index in [4.69, 9.17) is 0 Å². The number of carbonyl (C=O) groups is 1. The van der Waals surface area contributed by atoms with Crippen LogP contribution in [0.25, 0.3) is 0 Å². The summed E-state index contributed by atoms with van der Waals surface area (Å²) < 4.78 is 0. The van der Waals surface area contributed by atoms with Crippen LogP contribution in [0.5, 0.6) is 0 Å². The molecule has 0 saturated carbocycles. The van der Waals surface area contributed by atoms with Crippen molar-refractivity contribution in [1.82, 2.24) is 15.1 Å². The largest absolute Gasteiger partial charge is 0.368 e. The summed E-state index contributed by atoms with van der Waals surface area (Å²) >= 11 is 0. The summed E-state index contributed by atoms with van der Waals surface area (Å²) in [4.78, 5) is 19.4. The summed E-state index contributed by atoms with van der Waals surface area (Å²) in [5, 5.41) is 3.09. The number of piperidine rings is 1. The summed E-state index contributed by atoms with van der Waals surface area (Å²) in [6.45, 7) is 9.64. The number of anilines is 1. The minimum absolute atomic E-state index is 0.0363. The van der Waals surface area contributed by atoms with Gasteiger partial charge in [-0.2, -0.15) is 0 Å². The summed E-state index contributed by atoms with van der Waals surface area (Å²) in [5.41, 5.74) is 3.75. The second-order valence-corrected chi connectivity index (χ2v) is 8.74. The van der Waals surface area contributed by atoms with Gasteiger partial charge < -0.3 is 15.1 Å². The highest BCUT2D eigenvalue weighted by atomic mass is 16.2. The second-order valence-electron chi connectivity index (χ2n) is 8.74. The molecule has 2 aliphatic heterocycles. The smallest absolute Gasteiger partial charge is 0.317 e. The van der Waals surface area contributed by atoms with E-state index in [1.54, 1.807) is 0 Å². The van der Waals surface area contributed by atoms with Gasteiger partial charge in [0.05, 0.1) is 0 Å². The molecule has 2 heterocycles. The zero-order valence-corrected chi connectivity index (χ0v) is 18.1. The van der Waals surface area contributed by atoms with Crippen LogP contribution < -0.4 is 10.2 Å². The number of nitrogens with zero attached hydrogens (tertiary/aromatic N) is 3. The van der Waals surface area contributed by atoms with Gasteiger partial charge in [0, 0.05) is 45.0 Å². The maximum Gasteiger partial charge on any atom is 0.317 e. The summed E-state index contributed by atoms with van der Waals surface area (Å²) in [6, 6.07) is 19.2. The fraction of sp³-hybridized carbons (Fsp3) is 0.480. The zero-order chi connectivity index (χ0) is 20.8. The molecule has 1 N–H and O–H groups in total. The third-order valence-corrected chi connectivity index (χ3v) is 6.44. The Hall–Kier alpha value is -2.53. The number of likely N-dealkylation sites (tertiary alicyclic amines) is 1. The molecular formula is C25H34N4O. The van der Waals surface area contributed by atoms with Gasteiger partial charge in [-0.3, -0.25) is 4.90 Å². The van der Waals surface area contributed by atoms with Gasteiger partial charge in [-0.25, -0.2) is 4.79 Å². The molecule has 0 aromatic heterocycles. The van der Waals surface area contributed by atoms with E-state index in [2.05, 4.69) is 70.6 Å². The highest BCUT2D eigenvalue weighted by Crippen LogP contribution is 2.18. The van der Waals surface area contributed by atoms with Gasteiger partial charge in [-0.15, -0.1) is 0 Å². The van der Waals surface area contributed by atoms with Crippen LogP contribution in [0.15, 0.2) is 54.6 Å². The first-order valence-electron chi connectivity index (χ1n) is 11.3. The minimum atomic E-state index is 0.0363. The first-order chi connectivity index (χ1) is 14.7. The molecule has 4 rings (SSSR count). The number of hydrogen-bond acceptors (Lipinski definition) is 3. The Morgan fingerprint density at radius 1 is 0.867 bits per heavy atom. The van der Waals surface area contributed by atoms with Crippen LogP contribution in [-0.4, -0.2) is 55.1 Å². The van der Waals surface area contributed by atoms with E-state index >= 15 is 0 Å². The zero-order valence-electron chi connectivity index (χ0n) is 18.1. The molecule has 0 unspecified atom stereocenters. The van der Waals surface area contributed by atoms with Gasteiger partial charge in [0.25, 0.3) is 0 Å². The van der Waals surface area contributed by atoms with Crippen LogP contribution in [0.3, 0.4) is 0 Å². The average Bonchev–Trinajstić information content (AvgIpc) is 2.80. The monoisotopic (exact) mass is 406 g/mol. The van der Waals surface area contributed by atoms with Crippen molar-refractivity contribution in [3.8, 4) is 0 Å². The number of hydrogen-bond donors (Lipinski definition) is 1. The van der Waals surface area contributed by atoms with E-state index in [0.29, 0.717) is 6.54 Å². The van der Waals surface area contributed by atoms with Gasteiger partial charge in [0.1, 0.15) is 0 Å². The van der Waals surface area contributed by atoms with Crippen molar-refractivity contribution in [3.63, 3.8) is 0 Å². The van der Waals surface area contributed by atoms with Gasteiger partial charge in [0.2, 0.25) is 0 Å². The first-order valence-corrected chi connectivity index (χ1v) is 11.3. The molecule has 0 aliphatic carbocycles. The van der Waals surface area contributed by atoms with E-state index < -0.39 is 0 Å². The molecule has 2 fully saturated rings. The number of carbonyl (C=O) groups excluding carboxylic acids is 1. The number of piperazine rings is 1. The summed E-state index contributed by atoms with van der Waals surface area (Å²) in [6.07, 6.45) is 2.62. The molecule has 160 valence electrons. The number of nitrogens with one attached hydrogen (secondary N) is 1. The molecule has 2 aromatic carbocycles. The lowest BCUT2D eigenvalue weighted by atomic mass is 9.99. The standard InChI is InChI=1S/C25H34N4O/c1-21-11-13-27(14-12-21)20-23-9-7-22(8-10-23)19-26-25(30)29-17-15-28(16-18-29)24-5-3-2-4-6-24/h2-10,21H,11-20H2,1H3,(H,26,30). The van der Waals surface area contributed by atoms with E-state index in [0.717, 1.165) is 44.2 Å². The van der Waals surface area contributed by atoms with Crippen molar-refractivity contribution >= 4 is 11.7 Å². The third kappa shape index (κ3) is 5.54. The van der Waals surface area contributed by atoms with Crippen LogP contribution in [-0.2, 0) is 13.1 Å². The normalized spacial score (nSPS) is 18.4. The van der Waals surface area contributed by atoms with Gasteiger partial charge in [-0.1, -0.05) is 49.4 Å². The number of benzene rings is 2. The summed E-state index contributed by atoms with van der Waals surface area (Å²) in [7, 11) is 0. The lowest BCUT2D eigenvalue weighted by molar-refractivity contribution is 0.185. The molecule has 2 aromatic rings. The number of para-hydroxylation sites is 1. The minimum Gasteiger partial charge on any atom is -0.368 e. The van der Waals surface area contributed by atoms with Crippen molar-refractivity contribution in [1.29, 1.82) is 0 Å². The molecule has 0 bridgehead atoms. The Labute approximate surface area is 180 Å². The Morgan fingerprint density at radius 3 is 2.17 bits per heavy atom. The fourth-order valence-corrected chi connectivity index (χ4v) is 4.34. The van der Waals surface area contributed by atoms with Gasteiger partial charge >= 0.3 is 6.03 Å². The summed E-state index contributed by atoms with van der Waals surface area (Å²) in [5.74, 6) is 0.869. The van der Waals surface area contributed by atoms with Gasteiger partial charge in [0.15, 0.2) is 0 Å². The molecule has 2 aliphatic rings. The lowest BCUT2D eigenvalue weighted by Crippen LogP contribution is -2.51. The maximum absolute atomic E-state index is 12.6. The topological polar surface area (TPSA) is 38.8 Å². The SMILES string of the molecule is CC1CCN(Cc2ccc(CNC(=O)N3CCN(c4ccccc4)CC3)cc2)CC1. The van der Waals surface area contributed by atoms with Crippen LogP contribution >= 0.6 is 0 Å². The van der Waals surface area contributed by atoms with Crippen molar-refractivity contribution in [2.75, 3.05) is 44.2 Å². The van der Waals surface area contributed by atoms with E-state index in [9.17, 15) is 4.79 Å². The Bertz CT molecular complexity index is 792. The third-order valence-electron chi connectivity index (χ3n) is 6.44. The van der Waals surface area contributed by atoms with E-state index in [1.165, 1.54) is 37.2 Å². The maximum atomic E-state index is 12.6. The predicted molar refractivity (Wildman–Crippen MR) is 123 cm³/mol. The van der Waals surface area contributed by atoms with E-state index in [1.807, 2.05) is 11.0 Å². The van der Waals surface area contributed by atoms with Crippen LogP contribution in [0.4, 0.5) is 10.5 Å². The van der Waals surface area contributed by atoms with Crippen molar-refractivity contribution in [3.05, 3.63) is 65.7 Å². The Balaban J connectivity index is 1.20. The molecule has 2 saturated heterocycles. The van der Waals surface area contributed by atoms with Crippen molar-refractivity contribution in [2.24, 2.45) is 5.92 Å². The lowest BCUT2D eigenvalue weighted by Gasteiger charge is -2.36. The first kappa shape index (κ1) is 20.7. The molecule has 0 radical (unpaired) electrons. The second kappa shape index (κ2) is 9.98.